The zero-order valence-corrected chi connectivity index (χ0v) is 14.2. The van der Waals surface area contributed by atoms with Gasteiger partial charge in [-0.3, -0.25) is 19.4 Å². The van der Waals surface area contributed by atoms with Crippen molar-refractivity contribution in [1.82, 2.24) is 24.9 Å². The number of likely N-dealkylation sites (tertiary alicyclic amines) is 1. The van der Waals surface area contributed by atoms with Gasteiger partial charge in [0, 0.05) is 19.3 Å². The number of piperidine rings is 1. The Morgan fingerprint density at radius 2 is 2.08 bits per heavy atom. The summed E-state index contributed by atoms with van der Waals surface area (Å²) in [4.78, 5) is 26.2. The van der Waals surface area contributed by atoms with E-state index >= 15 is 0 Å². The standard InChI is InChI=1S/C16H22N6O2/c1-9-14(10(2)21(3)20-9)16(24)22-7-5-4-6-13(22)11-8-12(15(17)23)19-18-11/h8,13H,4-7H2,1-3H3,(H2,17,23)(H,18,19). The number of aromatic nitrogens is 4. The molecule has 8 heteroatoms. The fourth-order valence-electron chi connectivity index (χ4n) is 3.36. The molecule has 2 aromatic heterocycles. The number of hydrogen-bond acceptors (Lipinski definition) is 4. The molecule has 8 nitrogen and oxygen atoms in total. The number of carbonyl (C=O) groups excluding carboxylic acids is 2. The van der Waals surface area contributed by atoms with E-state index in [2.05, 4.69) is 15.3 Å². The van der Waals surface area contributed by atoms with E-state index in [1.807, 2.05) is 25.8 Å². The minimum Gasteiger partial charge on any atom is -0.364 e. The average molecular weight is 330 g/mol. The molecule has 0 spiro atoms. The SMILES string of the molecule is Cc1nn(C)c(C)c1C(=O)N1CCCCC1c1cc(C(N)=O)n[nH]1. The maximum atomic E-state index is 13.1. The number of nitrogens with one attached hydrogen (secondary N) is 1. The van der Waals surface area contributed by atoms with Gasteiger partial charge >= 0.3 is 0 Å². The minimum absolute atomic E-state index is 0.0296. The Kier molecular flexibility index (Phi) is 4.13. The number of rotatable bonds is 3. The van der Waals surface area contributed by atoms with E-state index in [9.17, 15) is 9.59 Å². The van der Waals surface area contributed by atoms with Gasteiger partial charge in [-0.1, -0.05) is 0 Å². The number of aromatic amines is 1. The average Bonchev–Trinajstić information content (AvgIpc) is 3.13. The van der Waals surface area contributed by atoms with Gasteiger partial charge in [0.25, 0.3) is 11.8 Å². The first-order valence-electron chi connectivity index (χ1n) is 8.06. The summed E-state index contributed by atoms with van der Waals surface area (Å²) in [5.74, 6) is -0.608. The molecule has 1 aliphatic rings. The molecule has 1 saturated heterocycles. The van der Waals surface area contributed by atoms with Gasteiger partial charge in [0.15, 0.2) is 0 Å². The van der Waals surface area contributed by atoms with E-state index < -0.39 is 5.91 Å². The molecular formula is C16H22N6O2. The second-order valence-corrected chi connectivity index (χ2v) is 6.25. The van der Waals surface area contributed by atoms with Crippen LogP contribution in [0.3, 0.4) is 0 Å². The Morgan fingerprint density at radius 3 is 2.67 bits per heavy atom. The highest BCUT2D eigenvalue weighted by Gasteiger charge is 2.32. The second-order valence-electron chi connectivity index (χ2n) is 6.25. The zero-order valence-electron chi connectivity index (χ0n) is 14.2. The summed E-state index contributed by atoms with van der Waals surface area (Å²) in [5.41, 5.74) is 8.44. The normalized spacial score (nSPS) is 18.0. The molecule has 1 aliphatic heterocycles. The molecular weight excluding hydrogens is 308 g/mol. The number of H-pyrrole nitrogens is 1. The summed E-state index contributed by atoms with van der Waals surface area (Å²) < 4.78 is 1.73. The lowest BCUT2D eigenvalue weighted by atomic mass is 9.97. The monoisotopic (exact) mass is 330 g/mol. The molecule has 0 radical (unpaired) electrons. The lowest BCUT2D eigenvalue weighted by molar-refractivity contribution is 0.0604. The van der Waals surface area contributed by atoms with Crippen LogP contribution in [0.15, 0.2) is 6.07 Å². The fourth-order valence-corrected chi connectivity index (χ4v) is 3.36. The smallest absolute Gasteiger partial charge is 0.269 e. The third kappa shape index (κ3) is 2.68. The highest BCUT2D eigenvalue weighted by atomic mass is 16.2. The molecule has 2 aromatic rings. The molecule has 1 unspecified atom stereocenters. The summed E-state index contributed by atoms with van der Waals surface area (Å²) in [6.07, 6.45) is 2.80. The van der Waals surface area contributed by atoms with Crippen molar-refractivity contribution < 1.29 is 9.59 Å². The van der Waals surface area contributed by atoms with Gasteiger partial charge in [0.2, 0.25) is 0 Å². The van der Waals surface area contributed by atoms with Crippen molar-refractivity contribution in [2.24, 2.45) is 12.8 Å². The van der Waals surface area contributed by atoms with Gasteiger partial charge in [-0.05, 0) is 39.2 Å². The molecule has 1 atom stereocenters. The molecule has 0 aromatic carbocycles. The fraction of sp³-hybridized carbons (Fsp3) is 0.500. The van der Waals surface area contributed by atoms with Crippen LogP contribution in [0.2, 0.25) is 0 Å². The summed E-state index contributed by atoms with van der Waals surface area (Å²) >= 11 is 0. The lowest BCUT2D eigenvalue weighted by Gasteiger charge is -2.35. The van der Waals surface area contributed by atoms with E-state index in [1.165, 1.54) is 0 Å². The number of carbonyl (C=O) groups is 2. The first-order chi connectivity index (χ1) is 11.4. The quantitative estimate of drug-likeness (QED) is 0.881. The van der Waals surface area contributed by atoms with Gasteiger partial charge in [0.05, 0.1) is 23.0 Å². The van der Waals surface area contributed by atoms with E-state index in [-0.39, 0.29) is 17.6 Å². The first-order valence-corrected chi connectivity index (χ1v) is 8.06. The Labute approximate surface area is 140 Å². The van der Waals surface area contributed by atoms with Crippen molar-refractivity contribution in [3.05, 3.63) is 34.4 Å². The molecule has 2 amide bonds. The van der Waals surface area contributed by atoms with Crippen molar-refractivity contribution in [3.8, 4) is 0 Å². The number of primary amides is 1. The maximum absolute atomic E-state index is 13.1. The number of amides is 2. The third-order valence-electron chi connectivity index (χ3n) is 4.70. The van der Waals surface area contributed by atoms with Crippen molar-refractivity contribution >= 4 is 11.8 Å². The van der Waals surface area contributed by atoms with Crippen molar-refractivity contribution in [3.63, 3.8) is 0 Å². The molecule has 0 bridgehead atoms. The molecule has 0 aliphatic carbocycles. The molecule has 24 heavy (non-hydrogen) atoms. The molecule has 0 saturated carbocycles. The number of hydrogen-bond donors (Lipinski definition) is 2. The van der Waals surface area contributed by atoms with E-state index in [0.717, 1.165) is 36.3 Å². The molecule has 128 valence electrons. The summed E-state index contributed by atoms with van der Waals surface area (Å²) in [5, 5.41) is 11.1. The van der Waals surface area contributed by atoms with Crippen LogP contribution >= 0.6 is 0 Å². The van der Waals surface area contributed by atoms with Crippen LogP contribution in [0.4, 0.5) is 0 Å². The van der Waals surface area contributed by atoms with E-state index in [4.69, 9.17) is 5.73 Å². The molecule has 3 heterocycles. The molecule has 3 N–H and O–H groups in total. The van der Waals surface area contributed by atoms with E-state index in [0.29, 0.717) is 12.1 Å². The Hall–Kier alpha value is -2.64. The van der Waals surface area contributed by atoms with Gasteiger partial charge in [-0.25, -0.2) is 0 Å². The van der Waals surface area contributed by atoms with Gasteiger partial charge in [-0.2, -0.15) is 10.2 Å². The van der Waals surface area contributed by atoms with Crippen molar-refractivity contribution in [2.75, 3.05) is 6.54 Å². The maximum Gasteiger partial charge on any atom is 0.269 e. The van der Waals surface area contributed by atoms with E-state index in [1.54, 1.807) is 10.7 Å². The third-order valence-corrected chi connectivity index (χ3v) is 4.70. The minimum atomic E-state index is -0.579. The molecule has 1 fully saturated rings. The summed E-state index contributed by atoms with van der Waals surface area (Å²) in [6.45, 7) is 4.41. The predicted molar refractivity (Wildman–Crippen MR) is 87.4 cm³/mol. The summed E-state index contributed by atoms with van der Waals surface area (Å²) in [7, 11) is 1.83. The largest absolute Gasteiger partial charge is 0.364 e. The number of aryl methyl sites for hydroxylation is 2. The highest BCUT2D eigenvalue weighted by molar-refractivity contribution is 5.96. The van der Waals surface area contributed by atoms with Crippen LogP contribution in [0.5, 0.6) is 0 Å². The van der Waals surface area contributed by atoms with Crippen LogP contribution in [-0.4, -0.2) is 43.2 Å². The van der Waals surface area contributed by atoms with Gasteiger partial charge in [0.1, 0.15) is 5.69 Å². The first kappa shape index (κ1) is 16.2. The predicted octanol–water partition coefficient (Wildman–Crippen LogP) is 1.23. The van der Waals surface area contributed by atoms with Crippen molar-refractivity contribution in [1.29, 1.82) is 0 Å². The number of nitrogens with zero attached hydrogens (tertiary/aromatic N) is 4. The lowest BCUT2D eigenvalue weighted by Crippen LogP contribution is -2.39. The van der Waals surface area contributed by atoms with Crippen LogP contribution in [-0.2, 0) is 7.05 Å². The second kappa shape index (κ2) is 6.10. The topological polar surface area (TPSA) is 110 Å². The summed E-state index contributed by atoms with van der Waals surface area (Å²) in [6, 6.07) is 1.51. The van der Waals surface area contributed by atoms with Crippen molar-refractivity contribution in [2.45, 2.75) is 39.2 Å². The Bertz CT molecular complexity index is 791. The van der Waals surface area contributed by atoms with Gasteiger partial charge in [-0.15, -0.1) is 0 Å². The van der Waals surface area contributed by atoms with Gasteiger partial charge < -0.3 is 10.6 Å². The van der Waals surface area contributed by atoms with Crippen LogP contribution < -0.4 is 5.73 Å². The molecule has 3 rings (SSSR count). The highest BCUT2D eigenvalue weighted by Crippen LogP contribution is 2.32. The zero-order chi connectivity index (χ0) is 17.4. The van der Waals surface area contributed by atoms with Crippen LogP contribution in [0, 0.1) is 13.8 Å². The Morgan fingerprint density at radius 1 is 1.33 bits per heavy atom. The van der Waals surface area contributed by atoms with Crippen LogP contribution in [0.1, 0.15) is 63.2 Å². The number of nitrogens with two attached hydrogens (primary N) is 1. The van der Waals surface area contributed by atoms with Crippen LogP contribution in [0.25, 0.3) is 0 Å². The Balaban J connectivity index is 1.94.